The van der Waals surface area contributed by atoms with E-state index in [1.54, 1.807) is 45.2 Å². The second-order valence-corrected chi connectivity index (χ2v) is 5.41. The third-order valence-electron chi connectivity index (χ3n) is 2.98. The van der Waals surface area contributed by atoms with Crippen LogP contribution in [0.15, 0.2) is 41.4 Å². The Bertz CT molecular complexity index is 643. The Morgan fingerprint density at radius 1 is 1.24 bits per heavy atom. The molecule has 5 heteroatoms. The van der Waals surface area contributed by atoms with Gasteiger partial charge < -0.3 is 9.47 Å². The molecular weight excluding hydrogens is 286 g/mol. The third kappa shape index (κ3) is 3.76. The predicted molar refractivity (Wildman–Crippen MR) is 83.3 cm³/mol. The minimum Gasteiger partial charge on any atom is -0.493 e. The molecule has 1 heterocycles. The van der Waals surface area contributed by atoms with Gasteiger partial charge in [-0.3, -0.25) is 9.78 Å². The molecule has 1 aromatic heterocycles. The molecule has 0 saturated heterocycles. The molecule has 0 aliphatic heterocycles. The largest absolute Gasteiger partial charge is 0.493 e. The van der Waals surface area contributed by atoms with Gasteiger partial charge in [-0.25, -0.2) is 0 Å². The highest BCUT2D eigenvalue weighted by molar-refractivity contribution is 7.98. The van der Waals surface area contributed by atoms with Crippen molar-refractivity contribution in [2.75, 3.05) is 14.2 Å². The smallest absolute Gasteiger partial charge is 0.183 e. The van der Waals surface area contributed by atoms with Crippen molar-refractivity contribution in [3.8, 4) is 11.5 Å². The Hall–Kier alpha value is -2.01. The molecule has 0 aliphatic carbocycles. The maximum Gasteiger partial charge on any atom is 0.183 e. The molecule has 0 spiro atoms. The number of hydrogen-bond acceptors (Lipinski definition) is 5. The number of carbonyl (C=O) groups excluding carboxylic acids is 1. The molecule has 1 aromatic carbocycles. The van der Waals surface area contributed by atoms with Crippen molar-refractivity contribution in [1.82, 2.24) is 4.98 Å². The van der Waals surface area contributed by atoms with E-state index >= 15 is 0 Å². The molecule has 2 rings (SSSR count). The first-order valence-corrected chi connectivity index (χ1v) is 7.44. The van der Waals surface area contributed by atoms with E-state index in [1.165, 1.54) is 0 Å². The van der Waals surface area contributed by atoms with Crippen LogP contribution < -0.4 is 9.47 Å². The van der Waals surface area contributed by atoms with E-state index in [4.69, 9.17) is 9.47 Å². The van der Waals surface area contributed by atoms with Crippen molar-refractivity contribution in [3.05, 3.63) is 47.8 Å². The summed E-state index contributed by atoms with van der Waals surface area (Å²) in [4.78, 5) is 16.8. The second kappa shape index (κ2) is 7.13. The molecule has 0 saturated carbocycles. The monoisotopic (exact) mass is 303 g/mol. The van der Waals surface area contributed by atoms with Crippen molar-refractivity contribution in [2.24, 2.45) is 0 Å². The van der Waals surface area contributed by atoms with Gasteiger partial charge in [-0.05, 0) is 19.1 Å². The van der Waals surface area contributed by atoms with Crippen LogP contribution in [0.25, 0.3) is 0 Å². The van der Waals surface area contributed by atoms with Crippen LogP contribution in [0.4, 0.5) is 0 Å². The lowest BCUT2D eigenvalue weighted by molar-refractivity contribution is 0.101. The molecule has 21 heavy (non-hydrogen) atoms. The fraction of sp³-hybridized carbons (Fsp3) is 0.250. The van der Waals surface area contributed by atoms with Gasteiger partial charge in [0.1, 0.15) is 0 Å². The van der Waals surface area contributed by atoms with E-state index in [0.717, 1.165) is 10.6 Å². The van der Waals surface area contributed by atoms with Crippen molar-refractivity contribution >= 4 is 17.5 Å². The van der Waals surface area contributed by atoms with Crippen LogP contribution in [0, 0.1) is 0 Å². The Morgan fingerprint density at radius 3 is 2.71 bits per heavy atom. The van der Waals surface area contributed by atoms with Crippen molar-refractivity contribution < 1.29 is 14.3 Å². The van der Waals surface area contributed by atoms with E-state index < -0.39 is 0 Å². The standard InChI is InChI=1S/C16H17NO3S/c1-11(18)12-5-4-6-13(9-12)21-10-14-16(20-3)15(19-2)7-8-17-14/h4-9H,10H2,1-3H3. The molecule has 2 aromatic rings. The van der Waals surface area contributed by atoms with E-state index in [2.05, 4.69) is 4.98 Å². The number of ketones is 1. The van der Waals surface area contributed by atoms with Crippen LogP contribution in [-0.2, 0) is 5.75 Å². The number of ether oxygens (including phenoxy) is 2. The summed E-state index contributed by atoms with van der Waals surface area (Å²) >= 11 is 1.60. The van der Waals surface area contributed by atoms with Gasteiger partial charge >= 0.3 is 0 Å². The zero-order valence-electron chi connectivity index (χ0n) is 12.3. The zero-order valence-corrected chi connectivity index (χ0v) is 13.1. The zero-order chi connectivity index (χ0) is 15.2. The minimum atomic E-state index is 0.0644. The van der Waals surface area contributed by atoms with Crippen molar-refractivity contribution in [1.29, 1.82) is 0 Å². The minimum absolute atomic E-state index is 0.0644. The Balaban J connectivity index is 2.16. The fourth-order valence-corrected chi connectivity index (χ4v) is 2.80. The van der Waals surface area contributed by atoms with Gasteiger partial charge in [0, 0.05) is 28.5 Å². The highest BCUT2D eigenvalue weighted by Crippen LogP contribution is 2.33. The number of pyridine rings is 1. The summed E-state index contributed by atoms with van der Waals surface area (Å²) in [5, 5.41) is 0. The number of carbonyl (C=O) groups is 1. The SMILES string of the molecule is COc1ccnc(CSc2cccc(C(C)=O)c2)c1OC. The number of nitrogens with zero attached hydrogens (tertiary/aromatic N) is 1. The molecular formula is C16H17NO3S. The van der Waals surface area contributed by atoms with Crippen LogP contribution in [0.1, 0.15) is 23.0 Å². The summed E-state index contributed by atoms with van der Waals surface area (Å²) in [6, 6.07) is 9.33. The lowest BCUT2D eigenvalue weighted by Crippen LogP contribution is -1.97. The molecule has 110 valence electrons. The van der Waals surface area contributed by atoms with E-state index in [-0.39, 0.29) is 5.78 Å². The summed E-state index contributed by atoms with van der Waals surface area (Å²) in [5.41, 5.74) is 1.53. The average Bonchev–Trinajstić information content (AvgIpc) is 2.52. The summed E-state index contributed by atoms with van der Waals surface area (Å²) in [6.07, 6.45) is 1.70. The average molecular weight is 303 g/mol. The van der Waals surface area contributed by atoms with Gasteiger partial charge in [0.2, 0.25) is 0 Å². The Kier molecular flexibility index (Phi) is 5.22. The highest BCUT2D eigenvalue weighted by Gasteiger charge is 2.11. The molecule has 0 atom stereocenters. The predicted octanol–water partition coefficient (Wildman–Crippen LogP) is 3.59. The first kappa shape index (κ1) is 15.4. The Morgan fingerprint density at radius 2 is 2.05 bits per heavy atom. The van der Waals surface area contributed by atoms with E-state index in [0.29, 0.717) is 22.8 Å². The Labute approximate surface area is 128 Å². The molecule has 0 aliphatic rings. The molecule has 0 unspecified atom stereocenters. The number of thioether (sulfide) groups is 1. The second-order valence-electron chi connectivity index (χ2n) is 4.37. The van der Waals surface area contributed by atoms with E-state index in [1.807, 2.05) is 24.3 Å². The maximum atomic E-state index is 11.4. The molecule has 4 nitrogen and oxygen atoms in total. The first-order valence-electron chi connectivity index (χ1n) is 6.45. The molecule has 0 bridgehead atoms. The summed E-state index contributed by atoms with van der Waals surface area (Å²) < 4.78 is 10.6. The summed E-state index contributed by atoms with van der Waals surface area (Å²) in [7, 11) is 3.20. The normalized spacial score (nSPS) is 10.2. The maximum absolute atomic E-state index is 11.4. The van der Waals surface area contributed by atoms with Gasteiger partial charge in [0.25, 0.3) is 0 Å². The number of methoxy groups -OCH3 is 2. The lowest BCUT2D eigenvalue weighted by Gasteiger charge is -2.11. The number of benzene rings is 1. The lowest BCUT2D eigenvalue weighted by atomic mass is 10.2. The van der Waals surface area contributed by atoms with Gasteiger partial charge in [-0.1, -0.05) is 12.1 Å². The molecule has 0 amide bonds. The van der Waals surface area contributed by atoms with Gasteiger partial charge in [0.05, 0.1) is 19.9 Å². The van der Waals surface area contributed by atoms with Crippen LogP contribution in [0.3, 0.4) is 0 Å². The topological polar surface area (TPSA) is 48.4 Å². The number of aromatic nitrogens is 1. The van der Waals surface area contributed by atoms with Crippen LogP contribution in [0.5, 0.6) is 11.5 Å². The number of hydrogen-bond donors (Lipinski definition) is 0. The van der Waals surface area contributed by atoms with E-state index in [9.17, 15) is 4.79 Å². The number of Topliss-reactive ketones (excluding diaryl/α,β-unsaturated/α-hetero) is 1. The van der Waals surface area contributed by atoms with Crippen molar-refractivity contribution in [3.63, 3.8) is 0 Å². The summed E-state index contributed by atoms with van der Waals surface area (Å²) in [6.45, 7) is 1.57. The van der Waals surface area contributed by atoms with Crippen LogP contribution >= 0.6 is 11.8 Å². The van der Waals surface area contributed by atoms with Gasteiger partial charge in [-0.2, -0.15) is 0 Å². The van der Waals surface area contributed by atoms with Crippen LogP contribution in [-0.4, -0.2) is 25.0 Å². The molecule has 0 N–H and O–H groups in total. The fourth-order valence-electron chi connectivity index (χ4n) is 1.91. The quantitative estimate of drug-likeness (QED) is 0.603. The van der Waals surface area contributed by atoms with Crippen molar-refractivity contribution in [2.45, 2.75) is 17.6 Å². The molecule has 0 radical (unpaired) electrons. The van der Waals surface area contributed by atoms with Crippen LogP contribution in [0.2, 0.25) is 0 Å². The first-order chi connectivity index (χ1) is 10.2. The highest BCUT2D eigenvalue weighted by atomic mass is 32.2. The number of rotatable bonds is 6. The van der Waals surface area contributed by atoms with Gasteiger partial charge in [-0.15, -0.1) is 11.8 Å². The third-order valence-corrected chi connectivity index (χ3v) is 3.99. The van der Waals surface area contributed by atoms with Gasteiger partial charge in [0.15, 0.2) is 17.3 Å². The molecule has 0 fully saturated rings. The summed E-state index contributed by atoms with van der Waals surface area (Å²) in [5.74, 6) is 2.02.